The van der Waals surface area contributed by atoms with E-state index in [2.05, 4.69) is 5.32 Å². The number of hydrogen-bond donors (Lipinski definition) is 1. The van der Waals surface area contributed by atoms with E-state index in [9.17, 15) is 14.4 Å². The molecule has 1 aromatic carbocycles. The number of allylic oxidation sites excluding steroid dienone is 1. The van der Waals surface area contributed by atoms with E-state index in [0.29, 0.717) is 16.3 Å². The van der Waals surface area contributed by atoms with Crippen molar-refractivity contribution in [3.63, 3.8) is 0 Å². The van der Waals surface area contributed by atoms with Crippen molar-refractivity contribution in [3.8, 4) is 0 Å². The van der Waals surface area contributed by atoms with E-state index in [-0.39, 0.29) is 37.4 Å². The Morgan fingerprint density at radius 3 is 2.63 bits per heavy atom. The van der Waals surface area contributed by atoms with Crippen LogP contribution in [0.25, 0.3) is 0 Å². The van der Waals surface area contributed by atoms with Crippen LogP contribution in [0.15, 0.2) is 35.5 Å². The molecule has 2 amide bonds. The second-order valence-corrected chi connectivity index (χ2v) is 8.35. The lowest BCUT2D eigenvalue weighted by Gasteiger charge is -2.34. The van der Waals surface area contributed by atoms with E-state index < -0.39 is 11.9 Å². The van der Waals surface area contributed by atoms with Gasteiger partial charge in [-0.2, -0.15) is 0 Å². The van der Waals surface area contributed by atoms with Gasteiger partial charge in [0.05, 0.1) is 12.2 Å². The van der Waals surface area contributed by atoms with Gasteiger partial charge in [0.15, 0.2) is 0 Å². The second kappa shape index (κ2) is 10.1. The molecule has 7 heteroatoms. The molecule has 3 rings (SSSR count). The summed E-state index contributed by atoms with van der Waals surface area (Å²) in [6.45, 7) is 3.58. The fourth-order valence-corrected chi connectivity index (χ4v) is 4.55. The van der Waals surface area contributed by atoms with Crippen LogP contribution in [-0.4, -0.2) is 41.9 Å². The SMILES string of the molecule is CCOC(=O)C1=C(C)N(CC(=O)NC2CCCCC2)C(=O)CC1c1cccc(Cl)c1. The van der Waals surface area contributed by atoms with Gasteiger partial charge in [0, 0.05) is 29.1 Å². The highest BCUT2D eigenvalue weighted by Gasteiger charge is 2.37. The molecule has 1 aliphatic carbocycles. The molecule has 0 aromatic heterocycles. The normalized spacial score (nSPS) is 20.3. The highest BCUT2D eigenvalue weighted by molar-refractivity contribution is 6.30. The molecule has 1 atom stereocenters. The highest BCUT2D eigenvalue weighted by atomic mass is 35.5. The number of nitrogens with one attached hydrogen (secondary N) is 1. The zero-order valence-corrected chi connectivity index (χ0v) is 18.3. The molecule has 2 aliphatic rings. The molecule has 162 valence electrons. The summed E-state index contributed by atoms with van der Waals surface area (Å²) in [5, 5.41) is 3.57. The molecular weight excluding hydrogens is 404 g/mol. The van der Waals surface area contributed by atoms with Gasteiger partial charge in [-0.1, -0.05) is 43.0 Å². The van der Waals surface area contributed by atoms with E-state index in [0.717, 1.165) is 31.2 Å². The molecule has 1 heterocycles. The number of nitrogens with zero attached hydrogens (tertiary/aromatic N) is 1. The molecule has 1 aromatic rings. The summed E-state index contributed by atoms with van der Waals surface area (Å²) in [5.41, 5.74) is 1.65. The van der Waals surface area contributed by atoms with Crippen molar-refractivity contribution in [2.24, 2.45) is 0 Å². The molecule has 6 nitrogen and oxygen atoms in total. The summed E-state index contributed by atoms with van der Waals surface area (Å²) >= 11 is 6.13. The Morgan fingerprint density at radius 2 is 1.97 bits per heavy atom. The maximum Gasteiger partial charge on any atom is 0.336 e. The zero-order chi connectivity index (χ0) is 21.7. The maximum absolute atomic E-state index is 13.0. The number of halogens is 1. The number of benzene rings is 1. The monoisotopic (exact) mass is 432 g/mol. The van der Waals surface area contributed by atoms with Gasteiger partial charge >= 0.3 is 5.97 Å². The first-order valence-electron chi connectivity index (χ1n) is 10.6. The van der Waals surface area contributed by atoms with Crippen LogP contribution in [0.1, 0.15) is 63.9 Å². The maximum atomic E-state index is 13.0. The van der Waals surface area contributed by atoms with Crippen LogP contribution in [-0.2, 0) is 19.1 Å². The molecule has 1 N–H and O–H groups in total. The standard InChI is InChI=1S/C23H29ClN2O4/c1-3-30-23(29)22-15(2)26(14-20(27)25-18-10-5-4-6-11-18)21(28)13-19(22)16-8-7-9-17(24)12-16/h7-9,12,18-19H,3-6,10-11,13-14H2,1-2H3,(H,25,27). The van der Waals surface area contributed by atoms with Gasteiger partial charge in [0.2, 0.25) is 11.8 Å². The minimum absolute atomic E-state index is 0.0859. The summed E-state index contributed by atoms with van der Waals surface area (Å²) in [6, 6.07) is 7.32. The van der Waals surface area contributed by atoms with E-state index in [4.69, 9.17) is 16.3 Å². The molecule has 0 radical (unpaired) electrons. The fourth-order valence-electron chi connectivity index (χ4n) is 4.35. The van der Waals surface area contributed by atoms with E-state index in [1.54, 1.807) is 32.0 Å². The first-order valence-corrected chi connectivity index (χ1v) is 11.0. The Balaban J connectivity index is 1.86. The number of ether oxygens (including phenoxy) is 1. The molecular formula is C23H29ClN2O4. The third kappa shape index (κ3) is 5.22. The molecule has 0 saturated heterocycles. The lowest BCUT2D eigenvalue weighted by atomic mass is 9.83. The number of esters is 1. The van der Waals surface area contributed by atoms with E-state index in [1.165, 1.54) is 11.3 Å². The van der Waals surface area contributed by atoms with Crippen molar-refractivity contribution in [2.45, 2.75) is 64.3 Å². The van der Waals surface area contributed by atoms with Crippen LogP contribution in [0.4, 0.5) is 0 Å². The first kappa shape index (κ1) is 22.3. The third-order valence-electron chi connectivity index (χ3n) is 5.84. The Hall–Kier alpha value is -2.34. The van der Waals surface area contributed by atoms with Gasteiger partial charge in [0.25, 0.3) is 0 Å². The summed E-state index contributed by atoms with van der Waals surface area (Å²) < 4.78 is 5.28. The number of carbonyl (C=O) groups excluding carboxylic acids is 3. The number of hydrogen-bond acceptors (Lipinski definition) is 4. The number of rotatable bonds is 6. The van der Waals surface area contributed by atoms with E-state index >= 15 is 0 Å². The van der Waals surface area contributed by atoms with Crippen LogP contribution in [0.2, 0.25) is 5.02 Å². The minimum atomic E-state index is -0.467. The van der Waals surface area contributed by atoms with Crippen LogP contribution in [0.5, 0.6) is 0 Å². The van der Waals surface area contributed by atoms with Gasteiger partial charge in [-0.05, 0) is 44.4 Å². The topological polar surface area (TPSA) is 75.7 Å². The lowest BCUT2D eigenvalue weighted by Crippen LogP contribution is -2.46. The molecule has 30 heavy (non-hydrogen) atoms. The number of carbonyl (C=O) groups is 3. The summed E-state index contributed by atoms with van der Waals surface area (Å²) in [6.07, 6.45) is 5.45. The molecule has 0 bridgehead atoms. The molecule has 1 fully saturated rings. The van der Waals surface area contributed by atoms with Crippen molar-refractivity contribution in [1.29, 1.82) is 0 Å². The zero-order valence-electron chi connectivity index (χ0n) is 17.6. The highest BCUT2D eigenvalue weighted by Crippen LogP contribution is 2.37. The van der Waals surface area contributed by atoms with Crippen molar-refractivity contribution >= 4 is 29.4 Å². The van der Waals surface area contributed by atoms with Crippen molar-refractivity contribution in [2.75, 3.05) is 13.2 Å². The van der Waals surface area contributed by atoms with E-state index in [1.807, 2.05) is 6.07 Å². The average molecular weight is 433 g/mol. The van der Waals surface area contributed by atoms with Crippen LogP contribution in [0, 0.1) is 0 Å². The Morgan fingerprint density at radius 1 is 1.23 bits per heavy atom. The lowest BCUT2D eigenvalue weighted by molar-refractivity contribution is -0.141. The quantitative estimate of drug-likeness (QED) is 0.691. The molecule has 1 aliphatic heterocycles. The van der Waals surface area contributed by atoms with Gasteiger partial charge < -0.3 is 15.0 Å². The average Bonchev–Trinajstić information content (AvgIpc) is 2.71. The van der Waals surface area contributed by atoms with Crippen LogP contribution in [0.3, 0.4) is 0 Å². The summed E-state index contributed by atoms with van der Waals surface area (Å²) in [7, 11) is 0. The van der Waals surface area contributed by atoms with Gasteiger partial charge in [-0.25, -0.2) is 4.79 Å². The Kier molecular flexibility index (Phi) is 7.53. The van der Waals surface area contributed by atoms with Crippen molar-refractivity contribution in [1.82, 2.24) is 10.2 Å². The molecule has 1 saturated carbocycles. The van der Waals surface area contributed by atoms with Crippen LogP contribution < -0.4 is 5.32 Å². The largest absolute Gasteiger partial charge is 0.463 e. The Bertz CT molecular complexity index is 845. The van der Waals surface area contributed by atoms with Gasteiger partial charge in [0.1, 0.15) is 6.54 Å². The molecule has 0 spiro atoms. The predicted octanol–water partition coefficient (Wildman–Crippen LogP) is 3.94. The van der Waals surface area contributed by atoms with Crippen LogP contribution >= 0.6 is 11.6 Å². The minimum Gasteiger partial charge on any atom is -0.463 e. The summed E-state index contributed by atoms with van der Waals surface area (Å²) in [5.74, 6) is -1.30. The summed E-state index contributed by atoms with van der Waals surface area (Å²) in [4.78, 5) is 39.8. The second-order valence-electron chi connectivity index (χ2n) is 7.91. The first-order chi connectivity index (χ1) is 14.4. The third-order valence-corrected chi connectivity index (χ3v) is 6.08. The molecule has 1 unspecified atom stereocenters. The Labute approximate surface area is 182 Å². The smallest absolute Gasteiger partial charge is 0.336 e. The van der Waals surface area contributed by atoms with Crippen molar-refractivity contribution in [3.05, 3.63) is 46.1 Å². The van der Waals surface area contributed by atoms with Gasteiger partial charge in [-0.15, -0.1) is 0 Å². The number of amides is 2. The van der Waals surface area contributed by atoms with Gasteiger partial charge in [-0.3, -0.25) is 9.59 Å². The van der Waals surface area contributed by atoms with Crippen molar-refractivity contribution < 1.29 is 19.1 Å². The predicted molar refractivity (Wildman–Crippen MR) is 115 cm³/mol. The fraction of sp³-hybridized carbons (Fsp3) is 0.522.